The number of carbonyl (C=O) groups is 1. The van der Waals surface area contributed by atoms with Crippen LogP contribution >= 0.6 is 0 Å². The minimum absolute atomic E-state index is 0.273. The van der Waals surface area contributed by atoms with Gasteiger partial charge in [0.1, 0.15) is 22.9 Å². The lowest BCUT2D eigenvalue weighted by molar-refractivity contribution is -0.137. The highest BCUT2D eigenvalue weighted by Crippen LogP contribution is 2.55. The fourth-order valence-electron chi connectivity index (χ4n) is 5.60. The van der Waals surface area contributed by atoms with Crippen molar-refractivity contribution in [2.45, 2.75) is 57.8 Å². The van der Waals surface area contributed by atoms with Crippen LogP contribution in [0.1, 0.15) is 49.6 Å². The summed E-state index contributed by atoms with van der Waals surface area (Å²) in [6, 6.07) is 4.23. The van der Waals surface area contributed by atoms with Crippen molar-refractivity contribution in [3.8, 4) is 0 Å². The van der Waals surface area contributed by atoms with Crippen LogP contribution in [-0.4, -0.2) is 43.9 Å². The van der Waals surface area contributed by atoms with Crippen molar-refractivity contribution in [1.82, 2.24) is 19.4 Å². The Morgan fingerprint density at radius 3 is 3.04 bits per heavy atom. The van der Waals surface area contributed by atoms with Crippen LogP contribution in [0, 0.1) is 12.8 Å². The number of carbonyl (C=O) groups excluding carboxylic acids is 1. The quantitative estimate of drug-likeness (QED) is 0.847. The van der Waals surface area contributed by atoms with E-state index < -0.39 is 0 Å². The standard InChI is InChI=1S/C20H26N4O2/c1-3-22-10-8-21-18(22)17-11-15-12-23(13-16-6-5-14(2)26-16)19(25)20(15)7-4-9-24(17)20/h5-6,8,10,15,17H,3-4,7,9,11-13H2,1-2H3/t15-,17-,20-/m0/s1. The van der Waals surface area contributed by atoms with Crippen molar-refractivity contribution in [3.05, 3.63) is 41.9 Å². The summed E-state index contributed by atoms with van der Waals surface area (Å²) in [5.41, 5.74) is -0.309. The number of likely N-dealkylation sites (tertiary alicyclic amines) is 1. The Morgan fingerprint density at radius 1 is 1.38 bits per heavy atom. The molecule has 2 aromatic rings. The lowest BCUT2D eigenvalue weighted by atomic mass is 9.85. The molecule has 3 fully saturated rings. The molecule has 0 aromatic carbocycles. The highest BCUT2D eigenvalue weighted by molar-refractivity contribution is 5.90. The lowest BCUT2D eigenvalue weighted by Gasteiger charge is -2.33. The zero-order valence-corrected chi connectivity index (χ0v) is 15.5. The Hall–Kier alpha value is -2.08. The molecule has 0 radical (unpaired) electrons. The van der Waals surface area contributed by atoms with E-state index in [9.17, 15) is 4.79 Å². The molecule has 6 heteroatoms. The summed E-state index contributed by atoms with van der Waals surface area (Å²) < 4.78 is 7.94. The van der Waals surface area contributed by atoms with E-state index in [0.29, 0.717) is 18.4 Å². The Bertz CT molecular complexity index is 840. The number of rotatable bonds is 4. The molecule has 0 N–H and O–H groups in total. The molecule has 0 aliphatic carbocycles. The summed E-state index contributed by atoms with van der Waals surface area (Å²) in [6.45, 7) is 7.44. The second-order valence-electron chi connectivity index (χ2n) is 7.94. The van der Waals surface area contributed by atoms with E-state index in [1.54, 1.807) is 0 Å². The molecular weight excluding hydrogens is 328 g/mol. The molecule has 0 bridgehead atoms. The highest BCUT2D eigenvalue weighted by atomic mass is 16.3. The van der Waals surface area contributed by atoms with Gasteiger partial charge in [-0.2, -0.15) is 0 Å². The van der Waals surface area contributed by atoms with E-state index in [2.05, 4.69) is 27.6 Å². The van der Waals surface area contributed by atoms with Crippen LogP contribution in [0.3, 0.4) is 0 Å². The van der Waals surface area contributed by atoms with Gasteiger partial charge in [0.15, 0.2) is 0 Å². The average Bonchev–Trinajstić information content (AvgIpc) is 3.39. The fourth-order valence-corrected chi connectivity index (χ4v) is 5.60. The van der Waals surface area contributed by atoms with E-state index in [4.69, 9.17) is 4.42 Å². The maximum atomic E-state index is 13.5. The van der Waals surface area contributed by atoms with E-state index in [-0.39, 0.29) is 11.6 Å². The van der Waals surface area contributed by atoms with Crippen LogP contribution < -0.4 is 0 Å². The largest absolute Gasteiger partial charge is 0.464 e. The fraction of sp³-hybridized carbons (Fsp3) is 0.600. The van der Waals surface area contributed by atoms with Crippen LogP contribution in [0.15, 0.2) is 28.9 Å². The first-order valence-electron chi connectivity index (χ1n) is 9.76. The van der Waals surface area contributed by atoms with Crippen molar-refractivity contribution in [2.24, 2.45) is 5.92 Å². The van der Waals surface area contributed by atoms with Gasteiger partial charge in [-0.05, 0) is 45.2 Å². The third-order valence-electron chi connectivity index (χ3n) is 6.66. The molecule has 1 amide bonds. The molecule has 5 rings (SSSR count). The smallest absolute Gasteiger partial charge is 0.243 e. The van der Waals surface area contributed by atoms with Crippen LogP contribution in [0.5, 0.6) is 0 Å². The van der Waals surface area contributed by atoms with E-state index in [1.165, 1.54) is 0 Å². The van der Waals surface area contributed by atoms with Gasteiger partial charge in [0.2, 0.25) is 5.91 Å². The SMILES string of the molecule is CCn1ccnc1[C@@H]1C[C@H]2CN(Cc3ccc(C)o3)C(=O)[C@]23CCCN13. The normalized spacial score (nSPS) is 31.0. The molecular formula is C20H26N4O2. The molecule has 3 atom stereocenters. The van der Waals surface area contributed by atoms with Crippen molar-refractivity contribution in [2.75, 3.05) is 13.1 Å². The van der Waals surface area contributed by atoms with Crippen LogP contribution in [0.25, 0.3) is 0 Å². The molecule has 3 aliphatic rings. The minimum atomic E-state index is -0.309. The third-order valence-corrected chi connectivity index (χ3v) is 6.66. The zero-order chi connectivity index (χ0) is 17.9. The molecule has 5 heterocycles. The second-order valence-corrected chi connectivity index (χ2v) is 7.94. The Kier molecular flexibility index (Phi) is 3.54. The van der Waals surface area contributed by atoms with Gasteiger partial charge in [0.25, 0.3) is 0 Å². The van der Waals surface area contributed by atoms with Gasteiger partial charge in [-0.3, -0.25) is 9.69 Å². The van der Waals surface area contributed by atoms with Gasteiger partial charge in [-0.25, -0.2) is 4.98 Å². The number of hydrogen-bond acceptors (Lipinski definition) is 4. The van der Waals surface area contributed by atoms with Gasteiger partial charge in [-0.1, -0.05) is 0 Å². The number of furan rings is 1. The summed E-state index contributed by atoms with van der Waals surface area (Å²) in [5, 5.41) is 0. The highest BCUT2D eigenvalue weighted by Gasteiger charge is 2.65. The molecule has 3 saturated heterocycles. The van der Waals surface area contributed by atoms with Gasteiger partial charge >= 0.3 is 0 Å². The van der Waals surface area contributed by atoms with Crippen LogP contribution in [-0.2, 0) is 17.9 Å². The van der Waals surface area contributed by atoms with Crippen molar-refractivity contribution in [1.29, 1.82) is 0 Å². The predicted octanol–water partition coefficient (Wildman–Crippen LogP) is 2.74. The van der Waals surface area contributed by atoms with E-state index >= 15 is 0 Å². The molecule has 26 heavy (non-hydrogen) atoms. The Labute approximate surface area is 153 Å². The van der Waals surface area contributed by atoms with Crippen molar-refractivity contribution >= 4 is 5.91 Å². The van der Waals surface area contributed by atoms with Gasteiger partial charge in [0.05, 0.1) is 12.6 Å². The van der Waals surface area contributed by atoms with Gasteiger partial charge < -0.3 is 13.9 Å². The third kappa shape index (κ3) is 2.08. The number of hydrogen-bond donors (Lipinski definition) is 0. The first-order chi connectivity index (χ1) is 12.6. The summed E-state index contributed by atoms with van der Waals surface area (Å²) in [6.07, 6.45) is 7.05. The summed E-state index contributed by atoms with van der Waals surface area (Å²) in [4.78, 5) is 22.6. The van der Waals surface area contributed by atoms with Gasteiger partial charge in [0, 0.05) is 37.9 Å². The van der Waals surface area contributed by atoms with E-state index in [1.807, 2.05) is 30.2 Å². The van der Waals surface area contributed by atoms with Crippen molar-refractivity contribution < 1.29 is 9.21 Å². The monoisotopic (exact) mass is 354 g/mol. The van der Waals surface area contributed by atoms with Crippen LogP contribution in [0.2, 0.25) is 0 Å². The first-order valence-corrected chi connectivity index (χ1v) is 9.76. The number of imidazole rings is 1. The molecule has 0 unspecified atom stereocenters. The first kappa shape index (κ1) is 16.1. The molecule has 0 saturated carbocycles. The average molecular weight is 354 g/mol. The molecule has 138 valence electrons. The molecule has 1 spiro atoms. The predicted molar refractivity (Wildman–Crippen MR) is 96.3 cm³/mol. The maximum Gasteiger partial charge on any atom is 0.243 e. The molecule has 3 aliphatic heterocycles. The summed E-state index contributed by atoms with van der Waals surface area (Å²) in [5.74, 6) is 3.60. The molecule has 2 aromatic heterocycles. The van der Waals surface area contributed by atoms with E-state index in [0.717, 1.165) is 56.2 Å². The number of amides is 1. The summed E-state index contributed by atoms with van der Waals surface area (Å²) >= 11 is 0. The van der Waals surface area contributed by atoms with Crippen molar-refractivity contribution in [3.63, 3.8) is 0 Å². The Morgan fingerprint density at radius 2 is 2.27 bits per heavy atom. The lowest BCUT2D eigenvalue weighted by Crippen LogP contribution is -2.49. The zero-order valence-electron chi connectivity index (χ0n) is 15.5. The molecule has 6 nitrogen and oxygen atoms in total. The summed E-state index contributed by atoms with van der Waals surface area (Å²) in [7, 11) is 0. The number of aryl methyl sites for hydroxylation is 2. The Balaban J connectivity index is 1.44. The maximum absolute atomic E-state index is 13.5. The topological polar surface area (TPSA) is 54.5 Å². The minimum Gasteiger partial charge on any atom is -0.464 e. The van der Waals surface area contributed by atoms with Crippen LogP contribution in [0.4, 0.5) is 0 Å². The number of nitrogens with zero attached hydrogens (tertiary/aromatic N) is 4. The van der Waals surface area contributed by atoms with Gasteiger partial charge in [-0.15, -0.1) is 0 Å². The second kappa shape index (κ2) is 5.71. The number of aromatic nitrogens is 2.